The van der Waals surface area contributed by atoms with Crippen LogP contribution in [0, 0.1) is 29.2 Å². The standard InChI is InChI=1S/C38H20N6/c1-41-26-12-15-37-31(20-26)28-7-3-5-9-34(28)43(37)36-14-11-25(22-40)19-30(36)32-23-42-17-16-38(32)44-33-8-4-2-6-27(33)29-18-24(21-39)10-13-35(29)44/h2-20,23H. The molecule has 0 saturated heterocycles. The third-order valence-corrected chi connectivity index (χ3v) is 8.28. The van der Waals surface area contributed by atoms with E-state index >= 15 is 0 Å². The predicted octanol–water partition coefficient (Wildman–Crippen LogP) is 9.24. The zero-order chi connectivity index (χ0) is 29.8. The molecule has 0 radical (unpaired) electrons. The lowest BCUT2D eigenvalue weighted by Crippen LogP contribution is -2.02. The summed E-state index contributed by atoms with van der Waals surface area (Å²) in [6, 6.07) is 40.3. The number of para-hydroxylation sites is 2. The van der Waals surface area contributed by atoms with Gasteiger partial charge in [0.1, 0.15) is 0 Å². The molecule has 44 heavy (non-hydrogen) atoms. The minimum Gasteiger partial charge on any atom is -0.309 e. The Balaban J connectivity index is 1.48. The first-order valence-electron chi connectivity index (χ1n) is 14.0. The van der Waals surface area contributed by atoms with Crippen LogP contribution in [0.1, 0.15) is 11.1 Å². The molecule has 0 aliphatic rings. The number of aromatic nitrogens is 3. The van der Waals surface area contributed by atoms with Crippen molar-refractivity contribution < 1.29 is 0 Å². The Kier molecular flexibility index (Phi) is 5.53. The molecular weight excluding hydrogens is 540 g/mol. The van der Waals surface area contributed by atoms with E-state index in [4.69, 9.17) is 6.57 Å². The van der Waals surface area contributed by atoms with E-state index in [0.29, 0.717) is 16.8 Å². The van der Waals surface area contributed by atoms with Crippen molar-refractivity contribution in [1.29, 1.82) is 10.5 Å². The molecule has 3 aromatic heterocycles. The van der Waals surface area contributed by atoms with Crippen LogP contribution >= 0.6 is 0 Å². The van der Waals surface area contributed by atoms with Crippen molar-refractivity contribution in [2.45, 2.75) is 0 Å². The molecule has 0 spiro atoms. The summed E-state index contributed by atoms with van der Waals surface area (Å²) in [5.41, 5.74) is 9.18. The summed E-state index contributed by atoms with van der Waals surface area (Å²) >= 11 is 0. The molecule has 8 rings (SSSR count). The van der Waals surface area contributed by atoms with Gasteiger partial charge in [0.05, 0.1) is 63.3 Å². The van der Waals surface area contributed by atoms with Gasteiger partial charge < -0.3 is 9.13 Å². The molecule has 202 valence electrons. The minimum absolute atomic E-state index is 0.537. The van der Waals surface area contributed by atoms with Crippen LogP contribution in [0.2, 0.25) is 0 Å². The highest BCUT2D eigenvalue weighted by Crippen LogP contribution is 2.41. The molecule has 0 bridgehead atoms. The Hall–Kier alpha value is -6.68. The Bertz CT molecular complexity index is 2600. The molecule has 8 aromatic rings. The van der Waals surface area contributed by atoms with Gasteiger partial charge in [0.2, 0.25) is 0 Å². The number of nitrogens with zero attached hydrogens (tertiary/aromatic N) is 6. The van der Waals surface area contributed by atoms with Crippen LogP contribution in [0.25, 0.3) is 71.0 Å². The van der Waals surface area contributed by atoms with Crippen LogP contribution < -0.4 is 0 Å². The second-order valence-corrected chi connectivity index (χ2v) is 10.6. The first-order chi connectivity index (χ1) is 21.7. The molecule has 0 saturated carbocycles. The summed E-state index contributed by atoms with van der Waals surface area (Å²) in [6.07, 6.45) is 3.63. The normalized spacial score (nSPS) is 11.1. The van der Waals surface area contributed by atoms with Gasteiger partial charge in [-0.05, 0) is 72.1 Å². The molecule has 0 aliphatic heterocycles. The van der Waals surface area contributed by atoms with Crippen molar-refractivity contribution in [3.63, 3.8) is 0 Å². The topological polar surface area (TPSA) is 74.7 Å². The maximum absolute atomic E-state index is 9.98. The highest BCUT2D eigenvalue weighted by atomic mass is 15.0. The molecule has 0 atom stereocenters. The zero-order valence-electron chi connectivity index (χ0n) is 23.2. The quantitative estimate of drug-likeness (QED) is 0.202. The summed E-state index contributed by atoms with van der Waals surface area (Å²) in [5.74, 6) is 0. The first-order valence-corrected chi connectivity index (χ1v) is 14.0. The van der Waals surface area contributed by atoms with E-state index in [1.165, 1.54) is 0 Å². The smallest absolute Gasteiger partial charge is 0.188 e. The summed E-state index contributed by atoms with van der Waals surface area (Å²) in [5, 5.41) is 23.7. The highest BCUT2D eigenvalue weighted by Gasteiger charge is 2.21. The van der Waals surface area contributed by atoms with Gasteiger partial charge in [0.25, 0.3) is 0 Å². The molecule has 0 aliphatic carbocycles. The van der Waals surface area contributed by atoms with E-state index in [2.05, 4.69) is 55.4 Å². The lowest BCUT2D eigenvalue weighted by atomic mass is 10.00. The fourth-order valence-electron chi connectivity index (χ4n) is 6.40. The molecule has 0 fully saturated rings. The van der Waals surface area contributed by atoms with E-state index in [1.54, 1.807) is 6.20 Å². The van der Waals surface area contributed by atoms with Crippen LogP contribution in [-0.2, 0) is 0 Å². The Morgan fingerprint density at radius 2 is 1.14 bits per heavy atom. The van der Waals surface area contributed by atoms with Crippen molar-refractivity contribution in [2.24, 2.45) is 0 Å². The Morgan fingerprint density at radius 1 is 0.568 bits per heavy atom. The third kappa shape index (κ3) is 3.61. The Labute approximate surface area is 252 Å². The van der Waals surface area contributed by atoms with E-state index in [0.717, 1.165) is 66.1 Å². The average Bonchev–Trinajstić information content (AvgIpc) is 3.60. The summed E-state index contributed by atoms with van der Waals surface area (Å²) in [6.45, 7) is 7.58. The number of pyridine rings is 1. The van der Waals surface area contributed by atoms with E-state index < -0.39 is 0 Å². The monoisotopic (exact) mass is 560 g/mol. The molecule has 6 nitrogen and oxygen atoms in total. The van der Waals surface area contributed by atoms with Gasteiger partial charge >= 0.3 is 0 Å². The largest absolute Gasteiger partial charge is 0.309 e. The average molecular weight is 561 g/mol. The van der Waals surface area contributed by atoms with Crippen LogP contribution in [0.3, 0.4) is 0 Å². The lowest BCUT2D eigenvalue weighted by Gasteiger charge is -2.18. The maximum atomic E-state index is 9.98. The molecule has 6 heteroatoms. The summed E-state index contributed by atoms with van der Waals surface area (Å²) in [7, 11) is 0. The van der Waals surface area contributed by atoms with Gasteiger partial charge in [0.15, 0.2) is 5.69 Å². The van der Waals surface area contributed by atoms with E-state index in [1.807, 2.05) is 91.1 Å². The summed E-state index contributed by atoms with van der Waals surface area (Å²) in [4.78, 5) is 8.24. The highest BCUT2D eigenvalue weighted by molar-refractivity contribution is 6.12. The van der Waals surface area contributed by atoms with Crippen molar-refractivity contribution in [2.75, 3.05) is 0 Å². The number of rotatable bonds is 3. The molecule has 3 heterocycles. The fourth-order valence-corrected chi connectivity index (χ4v) is 6.40. The minimum atomic E-state index is 0.537. The van der Waals surface area contributed by atoms with Crippen LogP contribution in [0.15, 0.2) is 122 Å². The van der Waals surface area contributed by atoms with Gasteiger partial charge in [-0.1, -0.05) is 42.5 Å². The van der Waals surface area contributed by atoms with Crippen LogP contribution in [-0.4, -0.2) is 14.1 Å². The third-order valence-electron chi connectivity index (χ3n) is 8.28. The second kappa shape index (κ2) is 9.71. The van der Waals surface area contributed by atoms with E-state index in [-0.39, 0.29) is 0 Å². The number of hydrogen-bond donors (Lipinski definition) is 0. The Morgan fingerprint density at radius 3 is 1.82 bits per heavy atom. The second-order valence-electron chi connectivity index (χ2n) is 10.6. The summed E-state index contributed by atoms with van der Waals surface area (Å²) < 4.78 is 4.41. The predicted molar refractivity (Wildman–Crippen MR) is 174 cm³/mol. The number of nitriles is 2. The molecular formula is C38H20N6. The SMILES string of the molecule is [C-]#[N+]c1ccc2c(c1)c1ccccc1n2-c1ccc(C#N)cc1-c1cnccc1-n1c2ccccc2c2cc(C#N)ccc21. The van der Waals surface area contributed by atoms with Gasteiger partial charge in [-0.3, -0.25) is 4.98 Å². The lowest BCUT2D eigenvalue weighted by molar-refractivity contribution is 1.14. The van der Waals surface area contributed by atoms with Crippen LogP contribution in [0.4, 0.5) is 5.69 Å². The van der Waals surface area contributed by atoms with Gasteiger partial charge in [-0.25, -0.2) is 4.85 Å². The fraction of sp³-hybridized carbons (Fsp3) is 0. The molecule has 5 aromatic carbocycles. The maximum Gasteiger partial charge on any atom is 0.188 e. The number of fused-ring (bicyclic) bond motifs is 6. The zero-order valence-corrected chi connectivity index (χ0v) is 23.2. The van der Waals surface area contributed by atoms with Crippen molar-refractivity contribution in [3.8, 4) is 34.6 Å². The molecule has 0 amide bonds. The van der Waals surface area contributed by atoms with Crippen molar-refractivity contribution in [1.82, 2.24) is 14.1 Å². The molecule has 0 unspecified atom stereocenters. The van der Waals surface area contributed by atoms with Crippen molar-refractivity contribution in [3.05, 3.63) is 144 Å². The number of hydrogen-bond acceptors (Lipinski definition) is 3. The molecule has 0 N–H and O–H groups in total. The van der Waals surface area contributed by atoms with Crippen LogP contribution in [0.5, 0.6) is 0 Å². The number of benzene rings is 5. The van der Waals surface area contributed by atoms with Gasteiger partial charge in [0, 0.05) is 39.7 Å². The first kappa shape index (κ1) is 25.1. The van der Waals surface area contributed by atoms with Crippen molar-refractivity contribution >= 4 is 49.3 Å². The van der Waals surface area contributed by atoms with Gasteiger partial charge in [-0.2, -0.15) is 10.5 Å². The van der Waals surface area contributed by atoms with E-state index in [9.17, 15) is 10.5 Å². The van der Waals surface area contributed by atoms with Gasteiger partial charge in [-0.15, -0.1) is 0 Å².